The molecule has 100 valence electrons. The Morgan fingerprint density at radius 1 is 1.35 bits per heavy atom. The molecule has 0 unspecified atom stereocenters. The number of hydrogen-bond donors (Lipinski definition) is 1. The minimum atomic E-state index is 0.545. The zero-order valence-corrected chi connectivity index (χ0v) is 11.8. The lowest BCUT2D eigenvalue weighted by Gasteiger charge is -2.04. The van der Waals surface area contributed by atoms with Crippen molar-refractivity contribution in [3.05, 3.63) is 42.1 Å². The molecule has 0 aliphatic carbocycles. The highest BCUT2D eigenvalue weighted by Crippen LogP contribution is 2.30. The van der Waals surface area contributed by atoms with Crippen LogP contribution in [0.3, 0.4) is 0 Å². The summed E-state index contributed by atoms with van der Waals surface area (Å²) in [5.41, 5.74) is 3.01. The van der Waals surface area contributed by atoms with Gasteiger partial charge in [-0.15, -0.1) is 11.8 Å². The molecule has 1 N–H and O–H groups in total. The van der Waals surface area contributed by atoms with Gasteiger partial charge in [0, 0.05) is 22.2 Å². The van der Waals surface area contributed by atoms with Gasteiger partial charge in [-0.05, 0) is 17.9 Å². The molecule has 5 heteroatoms. The first kappa shape index (κ1) is 12.9. The topological polar surface area (TPSA) is 58.6 Å². The molecular weight excluding hydrogens is 270 g/mol. The molecule has 2 heterocycles. The highest BCUT2D eigenvalue weighted by molar-refractivity contribution is 7.99. The summed E-state index contributed by atoms with van der Waals surface area (Å²) in [6.07, 6.45) is 2.32. The highest BCUT2D eigenvalue weighted by Gasteiger charge is 2.10. The van der Waals surface area contributed by atoms with Crippen LogP contribution in [0.15, 0.2) is 41.4 Å². The number of benzene rings is 1. The fourth-order valence-electron chi connectivity index (χ4n) is 2.05. The number of nitrogens with one attached hydrogen (secondary N) is 1. The Bertz CT molecular complexity index is 767. The van der Waals surface area contributed by atoms with E-state index in [1.165, 1.54) is 11.1 Å². The molecular formula is C15H13N3OS. The average Bonchev–Trinajstić information content (AvgIpc) is 2.90. The first-order chi connectivity index (χ1) is 9.81. The van der Waals surface area contributed by atoms with E-state index in [2.05, 4.69) is 27.9 Å². The number of aromatic nitrogens is 3. The van der Waals surface area contributed by atoms with Crippen molar-refractivity contribution in [2.75, 3.05) is 5.75 Å². The molecule has 1 aromatic carbocycles. The van der Waals surface area contributed by atoms with Gasteiger partial charge in [0.05, 0.1) is 5.52 Å². The Balaban J connectivity index is 2.12. The number of nitrogens with zero attached hydrogens (tertiary/aromatic N) is 2. The Hall–Kier alpha value is -2.14. The second-order valence-electron chi connectivity index (χ2n) is 4.27. The molecule has 4 nitrogen and oxygen atoms in total. The molecule has 0 saturated carbocycles. The molecule has 0 amide bonds. The van der Waals surface area contributed by atoms with Gasteiger partial charge in [-0.2, -0.15) is 0 Å². The van der Waals surface area contributed by atoms with Crippen LogP contribution in [0.1, 0.15) is 17.3 Å². The Kier molecular flexibility index (Phi) is 3.52. The fourth-order valence-corrected chi connectivity index (χ4v) is 2.86. The average molecular weight is 283 g/mol. The van der Waals surface area contributed by atoms with Gasteiger partial charge in [0.15, 0.2) is 11.9 Å². The van der Waals surface area contributed by atoms with Crippen molar-refractivity contribution in [2.45, 2.75) is 11.8 Å². The lowest BCUT2D eigenvalue weighted by Crippen LogP contribution is -1.84. The zero-order valence-electron chi connectivity index (χ0n) is 11.0. The predicted octanol–water partition coefficient (Wildman–Crippen LogP) is 3.55. The predicted molar refractivity (Wildman–Crippen MR) is 81.1 cm³/mol. The van der Waals surface area contributed by atoms with Crippen molar-refractivity contribution in [2.24, 2.45) is 0 Å². The Morgan fingerprint density at radius 3 is 3.00 bits per heavy atom. The smallest absolute Gasteiger partial charge is 0.178 e. The first-order valence-electron chi connectivity index (χ1n) is 6.35. The van der Waals surface area contributed by atoms with E-state index < -0.39 is 0 Å². The van der Waals surface area contributed by atoms with Gasteiger partial charge in [0.2, 0.25) is 0 Å². The second-order valence-corrected chi connectivity index (χ2v) is 5.58. The highest BCUT2D eigenvalue weighted by atomic mass is 32.2. The molecule has 0 aliphatic rings. The van der Waals surface area contributed by atoms with Crippen LogP contribution in [0.5, 0.6) is 0 Å². The van der Waals surface area contributed by atoms with Gasteiger partial charge in [0.1, 0.15) is 5.82 Å². The molecule has 0 saturated heterocycles. The van der Waals surface area contributed by atoms with Gasteiger partial charge in [0.25, 0.3) is 0 Å². The lowest BCUT2D eigenvalue weighted by atomic mass is 10.2. The fraction of sp³-hybridized carbons (Fsp3) is 0.133. The van der Waals surface area contributed by atoms with Crippen molar-refractivity contribution in [3.63, 3.8) is 0 Å². The summed E-state index contributed by atoms with van der Waals surface area (Å²) in [6, 6.07) is 9.90. The van der Waals surface area contributed by atoms with Crippen molar-refractivity contribution >= 4 is 29.2 Å². The number of aldehydes is 1. The molecule has 0 spiro atoms. The monoisotopic (exact) mass is 283 g/mol. The normalized spacial score (nSPS) is 10.8. The third-order valence-electron chi connectivity index (χ3n) is 2.94. The standard InChI is InChI=1S/C15H13N3OS/c1-2-20-13-6-4-3-5-11(13)14-17-12-7-10(9-19)8-16-15(12)18-14/h3-9H,2H2,1H3,(H,16,17,18). The third-order valence-corrected chi connectivity index (χ3v) is 3.89. The van der Waals surface area contributed by atoms with Crippen LogP contribution < -0.4 is 0 Å². The van der Waals surface area contributed by atoms with E-state index in [0.29, 0.717) is 11.2 Å². The van der Waals surface area contributed by atoms with E-state index >= 15 is 0 Å². The Morgan fingerprint density at radius 2 is 2.20 bits per heavy atom. The zero-order chi connectivity index (χ0) is 13.9. The van der Waals surface area contributed by atoms with Crippen LogP contribution in [0.4, 0.5) is 0 Å². The van der Waals surface area contributed by atoms with E-state index in [9.17, 15) is 4.79 Å². The van der Waals surface area contributed by atoms with Crippen LogP contribution in [0, 0.1) is 0 Å². The third kappa shape index (κ3) is 2.32. The molecule has 0 fully saturated rings. The van der Waals surface area contributed by atoms with Crippen LogP contribution in [0.25, 0.3) is 22.6 Å². The molecule has 0 bridgehead atoms. The van der Waals surface area contributed by atoms with Crippen LogP contribution in [-0.2, 0) is 0 Å². The molecule has 3 rings (SSSR count). The minimum absolute atomic E-state index is 0.545. The van der Waals surface area contributed by atoms with Crippen molar-refractivity contribution in [3.8, 4) is 11.4 Å². The molecule has 0 radical (unpaired) electrons. The largest absolute Gasteiger partial charge is 0.337 e. The van der Waals surface area contributed by atoms with E-state index in [0.717, 1.165) is 28.9 Å². The maximum absolute atomic E-state index is 10.8. The number of fused-ring (bicyclic) bond motifs is 1. The summed E-state index contributed by atoms with van der Waals surface area (Å²) in [4.78, 5) is 23.9. The van der Waals surface area contributed by atoms with Crippen molar-refractivity contribution in [1.29, 1.82) is 0 Å². The summed E-state index contributed by atoms with van der Waals surface area (Å²) >= 11 is 1.78. The SMILES string of the molecule is CCSc1ccccc1-c1nc2ncc(C=O)cc2[nH]1. The van der Waals surface area contributed by atoms with Gasteiger partial charge >= 0.3 is 0 Å². The van der Waals surface area contributed by atoms with Crippen molar-refractivity contribution in [1.82, 2.24) is 15.0 Å². The summed E-state index contributed by atoms with van der Waals surface area (Å²) in [7, 11) is 0. The van der Waals surface area contributed by atoms with Gasteiger partial charge in [-0.1, -0.05) is 25.1 Å². The maximum Gasteiger partial charge on any atom is 0.178 e. The summed E-state index contributed by atoms with van der Waals surface area (Å²) in [6.45, 7) is 2.12. The minimum Gasteiger partial charge on any atom is -0.337 e. The van der Waals surface area contributed by atoms with E-state index in [-0.39, 0.29) is 0 Å². The lowest BCUT2D eigenvalue weighted by molar-refractivity contribution is 0.112. The number of carbonyl (C=O) groups is 1. The summed E-state index contributed by atoms with van der Waals surface area (Å²) in [5, 5.41) is 0. The van der Waals surface area contributed by atoms with Gasteiger partial charge in [-0.25, -0.2) is 9.97 Å². The Labute approximate surface area is 120 Å². The number of carbonyl (C=O) groups excluding carboxylic acids is 1. The number of hydrogen-bond acceptors (Lipinski definition) is 4. The van der Waals surface area contributed by atoms with E-state index in [1.807, 2.05) is 18.2 Å². The summed E-state index contributed by atoms with van der Waals surface area (Å²) < 4.78 is 0. The molecule has 3 aromatic rings. The number of pyridine rings is 1. The first-order valence-corrected chi connectivity index (χ1v) is 7.33. The number of thioether (sulfide) groups is 1. The van der Waals surface area contributed by atoms with E-state index in [1.54, 1.807) is 17.8 Å². The molecule has 0 aliphatic heterocycles. The van der Waals surface area contributed by atoms with Crippen molar-refractivity contribution < 1.29 is 4.79 Å². The number of H-pyrrole nitrogens is 1. The second kappa shape index (κ2) is 5.46. The van der Waals surface area contributed by atoms with E-state index in [4.69, 9.17) is 0 Å². The maximum atomic E-state index is 10.8. The summed E-state index contributed by atoms with van der Waals surface area (Å²) in [5.74, 6) is 1.79. The molecule has 0 atom stereocenters. The van der Waals surface area contributed by atoms with Crippen LogP contribution in [-0.4, -0.2) is 27.0 Å². The van der Waals surface area contributed by atoms with Crippen LogP contribution >= 0.6 is 11.8 Å². The van der Waals surface area contributed by atoms with Gasteiger partial charge < -0.3 is 4.98 Å². The number of aromatic amines is 1. The number of imidazole rings is 1. The van der Waals surface area contributed by atoms with Gasteiger partial charge in [-0.3, -0.25) is 4.79 Å². The number of rotatable bonds is 4. The van der Waals surface area contributed by atoms with Crippen LogP contribution in [0.2, 0.25) is 0 Å². The quantitative estimate of drug-likeness (QED) is 0.587. The molecule has 20 heavy (non-hydrogen) atoms. The molecule has 2 aromatic heterocycles.